The average Bonchev–Trinajstić information content (AvgIpc) is 3.31. The molecule has 4 rings (SSSR count). The fourth-order valence-corrected chi connectivity index (χ4v) is 3.02. The van der Waals surface area contributed by atoms with Gasteiger partial charge in [-0.2, -0.15) is 23.4 Å². The van der Waals surface area contributed by atoms with Crippen molar-refractivity contribution >= 4 is 23.2 Å². The highest BCUT2D eigenvalue weighted by molar-refractivity contribution is 6.30. The van der Waals surface area contributed by atoms with Crippen LogP contribution in [0.2, 0.25) is 5.02 Å². The number of amides is 1. The molecule has 7 nitrogen and oxygen atoms in total. The molecule has 0 aliphatic carbocycles. The first-order valence-corrected chi connectivity index (χ1v) is 9.09. The van der Waals surface area contributed by atoms with Crippen molar-refractivity contribution in [1.29, 1.82) is 0 Å². The molecule has 0 bridgehead atoms. The van der Waals surface area contributed by atoms with Crippen LogP contribution in [0.25, 0.3) is 16.9 Å². The molecule has 4 aromatic rings. The summed E-state index contributed by atoms with van der Waals surface area (Å²) in [5.41, 5.74) is -0.0395. The van der Waals surface area contributed by atoms with E-state index >= 15 is 0 Å². The third kappa shape index (κ3) is 3.86. The van der Waals surface area contributed by atoms with Gasteiger partial charge in [0.1, 0.15) is 0 Å². The van der Waals surface area contributed by atoms with Gasteiger partial charge in [0.05, 0.1) is 17.9 Å². The van der Waals surface area contributed by atoms with E-state index in [2.05, 4.69) is 20.5 Å². The van der Waals surface area contributed by atoms with Gasteiger partial charge in [-0.25, -0.2) is 9.50 Å². The molecule has 0 spiro atoms. The van der Waals surface area contributed by atoms with Crippen molar-refractivity contribution in [3.05, 3.63) is 70.8 Å². The quantitative estimate of drug-likeness (QED) is 0.531. The molecule has 0 atom stereocenters. The monoisotopic (exact) mass is 434 g/mol. The molecule has 0 fully saturated rings. The number of hydrogen-bond acceptors (Lipinski definition) is 4. The van der Waals surface area contributed by atoms with E-state index in [1.807, 2.05) is 0 Å². The van der Waals surface area contributed by atoms with Crippen molar-refractivity contribution in [2.75, 3.05) is 0 Å². The predicted octanol–water partition coefficient (Wildman–Crippen LogP) is 3.73. The normalized spacial score (nSPS) is 11.8. The number of alkyl halides is 3. The number of rotatable bonds is 4. The molecule has 0 saturated carbocycles. The van der Waals surface area contributed by atoms with Crippen molar-refractivity contribution in [3.63, 3.8) is 0 Å². The Labute approximate surface area is 173 Å². The van der Waals surface area contributed by atoms with E-state index in [0.717, 1.165) is 11.8 Å². The van der Waals surface area contributed by atoms with Gasteiger partial charge in [-0.3, -0.25) is 9.48 Å². The van der Waals surface area contributed by atoms with Gasteiger partial charge in [0, 0.05) is 29.9 Å². The van der Waals surface area contributed by atoms with Crippen LogP contribution >= 0.6 is 11.6 Å². The van der Waals surface area contributed by atoms with E-state index in [-0.39, 0.29) is 23.6 Å². The Morgan fingerprint density at radius 1 is 1.17 bits per heavy atom. The van der Waals surface area contributed by atoms with Crippen LogP contribution in [0.4, 0.5) is 13.2 Å². The van der Waals surface area contributed by atoms with E-state index in [1.165, 1.54) is 6.07 Å². The first-order valence-electron chi connectivity index (χ1n) is 8.71. The molecular weight excluding hydrogens is 421 g/mol. The Morgan fingerprint density at radius 3 is 2.53 bits per heavy atom. The van der Waals surface area contributed by atoms with Gasteiger partial charge in [-0.15, -0.1) is 0 Å². The van der Waals surface area contributed by atoms with Crippen LogP contribution < -0.4 is 5.32 Å². The molecule has 11 heteroatoms. The van der Waals surface area contributed by atoms with Crippen LogP contribution in [-0.4, -0.2) is 30.3 Å². The molecule has 154 valence electrons. The van der Waals surface area contributed by atoms with Crippen LogP contribution in [0.15, 0.2) is 48.7 Å². The Morgan fingerprint density at radius 2 is 1.90 bits per heavy atom. The molecule has 0 saturated heterocycles. The largest absolute Gasteiger partial charge is 0.433 e. The van der Waals surface area contributed by atoms with Crippen molar-refractivity contribution in [2.45, 2.75) is 12.7 Å². The average molecular weight is 435 g/mol. The Kier molecular flexibility index (Phi) is 4.94. The van der Waals surface area contributed by atoms with Crippen molar-refractivity contribution in [3.8, 4) is 11.3 Å². The van der Waals surface area contributed by atoms with Gasteiger partial charge in [-0.1, -0.05) is 23.7 Å². The highest BCUT2D eigenvalue weighted by Crippen LogP contribution is 2.32. The second-order valence-corrected chi connectivity index (χ2v) is 6.90. The van der Waals surface area contributed by atoms with Crippen LogP contribution in [-0.2, 0) is 19.8 Å². The third-order valence-electron chi connectivity index (χ3n) is 4.44. The van der Waals surface area contributed by atoms with Gasteiger partial charge in [0.2, 0.25) is 0 Å². The highest BCUT2D eigenvalue weighted by atomic mass is 35.5. The van der Waals surface area contributed by atoms with Crippen LogP contribution in [0.5, 0.6) is 0 Å². The fourth-order valence-electron chi connectivity index (χ4n) is 2.89. The van der Waals surface area contributed by atoms with Crippen molar-refractivity contribution in [2.24, 2.45) is 7.05 Å². The third-order valence-corrected chi connectivity index (χ3v) is 4.69. The molecule has 3 aromatic heterocycles. The lowest BCUT2D eigenvalue weighted by Crippen LogP contribution is -2.24. The number of aromatic nitrogens is 5. The molecule has 3 heterocycles. The molecule has 30 heavy (non-hydrogen) atoms. The molecule has 0 unspecified atom stereocenters. The second kappa shape index (κ2) is 7.45. The first kappa shape index (κ1) is 19.9. The summed E-state index contributed by atoms with van der Waals surface area (Å²) in [4.78, 5) is 16.7. The summed E-state index contributed by atoms with van der Waals surface area (Å²) < 4.78 is 43.1. The predicted molar refractivity (Wildman–Crippen MR) is 103 cm³/mol. The zero-order valence-electron chi connectivity index (χ0n) is 15.5. The summed E-state index contributed by atoms with van der Waals surface area (Å²) in [6, 6.07) is 10.1. The molecular formula is C19H14ClF3N6O. The SMILES string of the molecule is Cn1nccc1CNC(=O)c1cc2nc(-c3ccc(Cl)cc3)cc(C(F)(F)F)n2n1. The molecule has 0 radical (unpaired) electrons. The summed E-state index contributed by atoms with van der Waals surface area (Å²) in [6.45, 7) is 0.152. The number of aryl methyl sites for hydroxylation is 1. The van der Waals surface area contributed by atoms with Gasteiger partial charge >= 0.3 is 6.18 Å². The second-order valence-electron chi connectivity index (χ2n) is 6.46. The van der Waals surface area contributed by atoms with E-state index in [4.69, 9.17) is 11.6 Å². The van der Waals surface area contributed by atoms with Crippen LogP contribution in [0.3, 0.4) is 0 Å². The van der Waals surface area contributed by atoms with Crippen molar-refractivity contribution < 1.29 is 18.0 Å². The number of nitrogens with zero attached hydrogens (tertiary/aromatic N) is 5. The first-order chi connectivity index (χ1) is 14.2. The number of fused-ring (bicyclic) bond motifs is 1. The van der Waals surface area contributed by atoms with E-state index in [1.54, 1.807) is 48.3 Å². The number of hydrogen-bond donors (Lipinski definition) is 1. The summed E-state index contributed by atoms with van der Waals surface area (Å²) in [5.74, 6) is -0.622. The lowest BCUT2D eigenvalue weighted by Gasteiger charge is -2.11. The smallest absolute Gasteiger partial charge is 0.345 e. The maximum atomic E-state index is 13.6. The van der Waals surface area contributed by atoms with Gasteiger partial charge in [0.25, 0.3) is 5.91 Å². The highest BCUT2D eigenvalue weighted by Gasteiger charge is 2.35. The lowest BCUT2D eigenvalue weighted by molar-refractivity contribution is -0.142. The van der Waals surface area contributed by atoms with Gasteiger partial charge in [-0.05, 0) is 24.3 Å². The molecule has 0 aliphatic rings. The Balaban J connectivity index is 1.72. The topological polar surface area (TPSA) is 77.1 Å². The van der Waals surface area contributed by atoms with Crippen LogP contribution in [0.1, 0.15) is 21.9 Å². The summed E-state index contributed by atoms with van der Waals surface area (Å²) >= 11 is 5.85. The number of benzene rings is 1. The molecule has 0 aliphatic heterocycles. The molecule has 1 aromatic carbocycles. The van der Waals surface area contributed by atoms with Crippen LogP contribution in [0, 0.1) is 0 Å². The zero-order chi connectivity index (χ0) is 21.5. The standard InChI is InChI=1S/C19H14ClF3N6O/c1-28-13(6-7-25-28)10-24-18(30)15-9-17-26-14(11-2-4-12(20)5-3-11)8-16(19(21,22)23)29(17)27-15/h2-9H,10H2,1H3,(H,24,30). The van der Waals surface area contributed by atoms with Crippen molar-refractivity contribution in [1.82, 2.24) is 29.7 Å². The maximum Gasteiger partial charge on any atom is 0.433 e. The van der Waals surface area contributed by atoms with E-state index in [9.17, 15) is 18.0 Å². The Bertz CT molecular complexity index is 1230. The molecule has 1 N–H and O–H groups in total. The number of carbonyl (C=O) groups excluding carboxylic acids is 1. The fraction of sp³-hybridized carbons (Fsp3) is 0.158. The number of nitrogens with one attached hydrogen (secondary N) is 1. The van der Waals surface area contributed by atoms with E-state index < -0.39 is 17.8 Å². The molecule has 1 amide bonds. The van der Waals surface area contributed by atoms with E-state index in [0.29, 0.717) is 15.1 Å². The zero-order valence-corrected chi connectivity index (χ0v) is 16.2. The van der Waals surface area contributed by atoms with Gasteiger partial charge < -0.3 is 5.32 Å². The minimum atomic E-state index is -4.70. The minimum Gasteiger partial charge on any atom is -0.345 e. The number of halogens is 4. The summed E-state index contributed by atoms with van der Waals surface area (Å²) in [5, 5.41) is 10.9. The Hall–Kier alpha value is -3.40. The van der Waals surface area contributed by atoms with Gasteiger partial charge in [0.15, 0.2) is 17.0 Å². The number of carbonyl (C=O) groups is 1. The minimum absolute atomic E-state index is 0.0910. The summed E-state index contributed by atoms with van der Waals surface area (Å²) in [6.07, 6.45) is -3.12. The maximum absolute atomic E-state index is 13.6. The summed E-state index contributed by atoms with van der Waals surface area (Å²) in [7, 11) is 1.71. The lowest BCUT2D eigenvalue weighted by atomic mass is 10.1.